The summed E-state index contributed by atoms with van der Waals surface area (Å²) < 4.78 is 4.96. The molecule has 1 aromatic rings. The summed E-state index contributed by atoms with van der Waals surface area (Å²) in [5, 5.41) is 12.3. The topological polar surface area (TPSA) is 59.2 Å². The van der Waals surface area contributed by atoms with Crippen LogP contribution in [0, 0.1) is 5.92 Å². The van der Waals surface area contributed by atoms with Gasteiger partial charge in [-0.25, -0.2) is 0 Å². The van der Waals surface area contributed by atoms with Crippen LogP contribution in [0.15, 0.2) is 4.52 Å². The van der Waals surface area contributed by atoms with Crippen LogP contribution in [-0.2, 0) is 12.8 Å². The van der Waals surface area contributed by atoms with Crippen LogP contribution in [0.2, 0.25) is 0 Å². The lowest BCUT2D eigenvalue weighted by Gasteiger charge is -1.95. The maximum absolute atomic E-state index is 8.59. The van der Waals surface area contributed by atoms with Crippen LogP contribution < -0.4 is 0 Å². The van der Waals surface area contributed by atoms with Gasteiger partial charge in [-0.3, -0.25) is 0 Å². The van der Waals surface area contributed by atoms with Crippen LogP contribution in [0.3, 0.4) is 0 Å². The molecule has 0 unspecified atom stereocenters. The van der Waals surface area contributed by atoms with Crippen molar-refractivity contribution in [1.82, 2.24) is 10.1 Å². The lowest BCUT2D eigenvalue weighted by atomic mass is 10.1. The van der Waals surface area contributed by atoms with Crippen molar-refractivity contribution in [2.45, 2.75) is 26.7 Å². The first-order valence-corrected chi connectivity index (χ1v) is 4.14. The zero-order valence-electron chi connectivity index (χ0n) is 7.45. The highest BCUT2D eigenvalue weighted by Crippen LogP contribution is 2.05. The average molecular weight is 170 g/mol. The van der Waals surface area contributed by atoms with Gasteiger partial charge in [0.1, 0.15) is 0 Å². The Hall–Kier alpha value is -0.900. The molecule has 1 aromatic heterocycles. The number of hydrogen-bond donors (Lipinski definition) is 1. The molecule has 0 aliphatic heterocycles. The molecule has 0 saturated heterocycles. The Bertz CT molecular complexity index is 233. The first kappa shape index (κ1) is 9.19. The predicted octanol–water partition coefficient (Wildman–Crippen LogP) is 0.803. The Balaban J connectivity index is 2.52. The summed E-state index contributed by atoms with van der Waals surface area (Å²) >= 11 is 0. The minimum atomic E-state index is 0.0701. The molecule has 1 N–H and O–H groups in total. The summed E-state index contributed by atoms with van der Waals surface area (Å²) in [5.41, 5.74) is 0. The maximum atomic E-state index is 8.59. The molecule has 0 fully saturated rings. The standard InChI is InChI=1S/C8H14N2O2/c1-6(2)5-8-9-7(3-4-11)10-12-8/h6,11H,3-5H2,1-2H3. The van der Waals surface area contributed by atoms with E-state index in [4.69, 9.17) is 9.63 Å². The lowest BCUT2D eigenvalue weighted by molar-refractivity contribution is 0.292. The first-order valence-electron chi connectivity index (χ1n) is 4.14. The Morgan fingerprint density at radius 2 is 2.25 bits per heavy atom. The van der Waals surface area contributed by atoms with Gasteiger partial charge in [-0.1, -0.05) is 19.0 Å². The maximum Gasteiger partial charge on any atom is 0.226 e. The molecule has 0 radical (unpaired) electrons. The van der Waals surface area contributed by atoms with Crippen LogP contribution in [0.25, 0.3) is 0 Å². The molecule has 0 bridgehead atoms. The van der Waals surface area contributed by atoms with E-state index in [1.807, 2.05) is 0 Å². The minimum absolute atomic E-state index is 0.0701. The molecule has 1 rings (SSSR count). The quantitative estimate of drug-likeness (QED) is 0.726. The van der Waals surface area contributed by atoms with Gasteiger partial charge in [0, 0.05) is 12.8 Å². The molecular weight excluding hydrogens is 156 g/mol. The van der Waals surface area contributed by atoms with Crippen molar-refractivity contribution in [3.8, 4) is 0 Å². The van der Waals surface area contributed by atoms with Gasteiger partial charge in [0.05, 0.1) is 6.61 Å². The summed E-state index contributed by atoms with van der Waals surface area (Å²) in [4.78, 5) is 4.10. The fourth-order valence-corrected chi connectivity index (χ4v) is 0.924. The summed E-state index contributed by atoms with van der Waals surface area (Å²) in [6, 6.07) is 0. The normalized spacial score (nSPS) is 11.0. The van der Waals surface area contributed by atoms with Gasteiger partial charge in [-0.2, -0.15) is 4.98 Å². The second-order valence-corrected chi connectivity index (χ2v) is 3.18. The fourth-order valence-electron chi connectivity index (χ4n) is 0.924. The van der Waals surface area contributed by atoms with Crippen molar-refractivity contribution < 1.29 is 9.63 Å². The number of rotatable bonds is 4. The highest BCUT2D eigenvalue weighted by molar-refractivity contribution is 4.86. The number of aliphatic hydroxyl groups excluding tert-OH is 1. The number of aromatic nitrogens is 2. The van der Waals surface area contributed by atoms with E-state index in [1.165, 1.54) is 0 Å². The van der Waals surface area contributed by atoms with Crippen molar-refractivity contribution in [3.63, 3.8) is 0 Å². The molecule has 0 amide bonds. The SMILES string of the molecule is CC(C)Cc1nc(CCO)no1. The summed E-state index contributed by atoms with van der Waals surface area (Å²) in [6.45, 7) is 4.26. The van der Waals surface area contributed by atoms with Gasteiger partial charge in [-0.15, -0.1) is 0 Å². The van der Waals surface area contributed by atoms with E-state index in [0.717, 1.165) is 6.42 Å². The molecule has 0 aliphatic carbocycles. The van der Waals surface area contributed by atoms with Gasteiger partial charge in [0.15, 0.2) is 5.82 Å². The molecule has 0 saturated carbocycles. The van der Waals surface area contributed by atoms with Crippen molar-refractivity contribution in [2.75, 3.05) is 6.61 Å². The van der Waals surface area contributed by atoms with E-state index < -0.39 is 0 Å². The van der Waals surface area contributed by atoms with Crippen LogP contribution in [0.1, 0.15) is 25.6 Å². The number of nitrogens with zero attached hydrogens (tertiary/aromatic N) is 2. The third-order valence-electron chi connectivity index (χ3n) is 1.43. The zero-order valence-corrected chi connectivity index (χ0v) is 7.45. The molecule has 1 heterocycles. The molecule has 4 nitrogen and oxygen atoms in total. The molecule has 0 spiro atoms. The highest BCUT2D eigenvalue weighted by atomic mass is 16.5. The Morgan fingerprint density at radius 1 is 1.50 bits per heavy atom. The van der Waals surface area contributed by atoms with Crippen molar-refractivity contribution >= 4 is 0 Å². The van der Waals surface area contributed by atoms with Gasteiger partial charge in [0.25, 0.3) is 0 Å². The number of aliphatic hydroxyl groups is 1. The second-order valence-electron chi connectivity index (χ2n) is 3.18. The summed E-state index contributed by atoms with van der Waals surface area (Å²) in [5.74, 6) is 1.77. The van der Waals surface area contributed by atoms with Crippen LogP contribution in [-0.4, -0.2) is 21.9 Å². The van der Waals surface area contributed by atoms with Crippen molar-refractivity contribution in [2.24, 2.45) is 5.92 Å². The molecule has 0 aromatic carbocycles. The second kappa shape index (κ2) is 4.21. The van der Waals surface area contributed by atoms with Gasteiger partial charge in [0.2, 0.25) is 5.89 Å². The number of hydrogen-bond acceptors (Lipinski definition) is 4. The highest BCUT2D eigenvalue weighted by Gasteiger charge is 2.06. The average Bonchev–Trinajstić information content (AvgIpc) is 2.36. The first-order chi connectivity index (χ1) is 5.72. The lowest BCUT2D eigenvalue weighted by Crippen LogP contribution is -1.96. The molecule has 68 valence electrons. The fraction of sp³-hybridized carbons (Fsp3) is 0.750. The van der Waals surface area contributed by atoms with Gasteiger partial charge in [-0.05, 0) is 5.92 Å². The monoisotopic (exact) mass is 170 g/mol. The van der Waals surface area contributed by atoms with E-state index in [-0.39, 0.29) is 6.61 Å². The van der Waals surface area contributed by atoms with E-state index in [9.17, 15) is 0 Å². The van der Waals surface area contributed by atoms with Crippen molar-refractivity contribution in [1.29, 1.82) is 0 Å². The molecular formula is C8H14N2O2. The molecule has 12 heavy (non-hydrogen) atoms. The zero-order chi connectivity index (χ0) is 8.97. The molecule has 0 atom stereocenters. The Morgan fingerprint density at radius 3 is 2.83 bits per heavy atom. The van der Waals surface area contributed by atoms with Crippen LogP contribution >= 0.6 is 0 Å². The van der Waals surface area contributed by atoms with Gasteiger partial charge >= 0.3 is 0 Å². The molecule has 0 aliphatic rings. The smallest absolute Gasteiger partial charge is 0.226 e. The van der Waals surface area contributed by atoms with Crippen LogP contribution in [0.5, 0.6) is 0 Å². The van der Waals surface area contributed by atoms with Crippen LogP contribution in [0.4, 0.5) is 0 Å². The third-order valence-corrected chi connectivity index (χ3v) is 1.43. The third kappa shape index (κ3) is 2.62. The van der Waals surface area contributed by atoms with Crippen molar-refractivity contribution in [3.05, 3.63) is 11.7 Å². The van der Waals surface area contributed by atoms with E-state index in [0.29, 0.717) is 24.1 Å². The van der Waals surface area contributed by atoms with E-state index in [1.54, 1.807) is 0 Å². The summed E-state index contributed by atoms with van der Waals surface area (Å²) in [6.07, 6.45) is 1.28. The minimum Gasteiger partial charge on any atom is -0.396 e. The Kier molecular flexibility index (Phi) is 3.22. The predicted molar refractivity (Wildman–Crippen MR) is 43.6 cm³/mol. The van der Waals surface area contributed by atoms with Gasteiger partial charge < -0.3 is 9.63 Å². The summed E-state index contributed by atoms with van der Waals surface area (Å²) in [7, 11) is 0. The molecule has 4 heteroatoms. The van der Waals surface area contributed by atoms with E-state index >= 15 is 0 Å². The van der Waals surface area contributed by atoms with E-state index in [2.05, 4.69) is 24.0 Å². The Labute approximate surface area is 71.6 Å². The largest absolute Gasteiger partial charge is 0.396 e.